The molecule has 0 spiro atoms. The number of aliphatic carboxylic acids is 1. The van der Waals surface area contributed by atoms with Gasteiger partial charge in [0.1, 0.15) is 0 Å². The van der Waals surface area contributed by atoms with E-state index < -0.39 is 21.7 Å². The van der Waals surface area contributed by atoms with Crippen molar-refractivity contribution in [2.75, 3.05) is 10.5 Å². The Morgan fingerprint density at radius 1 is 1.53 bits per heavy atom. The monoisotopic (exact) mass is 234 g/mol. The summed E-state index contributed by atoms with van der Waals surface area (Å²) in [6.07, 6.45) is 0. The van der Waals surface area contributed by atoms with Crippen LogP contribution in [0.2, 0.25) is 0 Å². The van der Waals surface area contributed by atoms with Gasteiger partial charge >= 0.3 is 5.97 Å². The van der Waals surface area contributed by atoms with Gasteiger partial charge in [0.2, 0.25) is 15.9 Å². The van der Waals surface area contributed by atoms with E-state index in [1.807, 2.05) is 4.72 Å². The summed E-state index contributed by atoms with van der Waals surface area (Å²) in [6.45, 7) is 3.26. The molecule has 0 unspecified atom stereocenters. The normalized spacial score (nSPS) is 11.3. The zero-order chi connectivity index (χ0) is 11.6. The summed E-state index contributed by atoms with van der Waals surface area (Å²) in [6, 6.07) is 0. The topological polar surface area (TPSA) is 110 Å². The SMILES string of the molecule is Cc1noc(NS(=O)(=O)CC(=O)O)c1C. The van der Waals surface area contributed by atoms with Crippen molar-refractivity contribution in [3.8, 4) is 0 Å². The summed E-state index contributed by atoms with van der Waals surface area (Å²) in [4.78, 5) is 10.2. The summed E-state index contributed by atoms with van der Waals surface area (Å²) < 4.78 is 29.1. The average Bonchev–Trinajstić information content (AvgIpc) is 2.33. The number of carboxylic acid groups (broad SMARTS) is 1. The quantitative estimate of drug-likeness (QED) is 0.765. The zero-order valence-corrected chi connectivity index (χ0v) is 8.96. The second-order valence-corrected chi connectivity index (χ2v) is 4.70. The number of hydrogen-bond donors (Lipinski definition) is 2. The molecule has 2 N–H and O–H groups in total. The first-order chi connectivity index (χ1) is 6.82. The summed E-state index contributed by atoms with van der Waals surface area (Å²) >= 11 is 0. The van der Waals surface area contributed by atoms with Gasteiger partial charge in [0.25, 0.3) is 0 Å². The van der Waals surface area contributed by atoms with Crippen molar-refractivity contribution in [2.45, 2.75) is 13.8 Å². The largest absolute Gasteiger partial charge is 0.480 e. The molecule has 1 aromatic heterocycles. The predicted molar refractivity (Wildman–Crippen MR) is 51.0 cm³/mol. The Kier molecular flexibility index (Phi) is 2.98. The van der Waals surface area contributed by atoms with Crippen molar-refractivity contribution in [1.82, 2.24) is 5.16 Å². The van der Waals surface area contributed by atoms with Gasteiger partial charge in [0.15, 0.2) is 5.75 Å². The van der Waals surface area contributed by atoms with Gasteiger partial charge < -0.3 is 9.63 Å². The Labute approximate surface area is 86.1 Å². The van der Waals surface area contributed by atoms with Gasteiger partial charge in [0.05, 0.1) is 5.69 Å². The molecule has 0 saturated heterocycles. The van der Waals surface area contributed by atoms with Crippen LogP contribution in [0.1, 0.15) is 11.3 Å². The number of nitrogens with one attached hydrogen (secondary N) is 1. The number of carbonyl (C=O) groups is 1. The first-order valence-corrected chi connectivity index (χ1v) is 5.62. The number of carboxylic acids is 1. The molecular weight excluding hydrogens is 224 g/mol. The number of aromatic nitrogens is 1. The highest BCUT2D eigenvalue weighted by atomic mass is 32.2. The number of rotatable bonds is 4. The highest BCUT2D eigenvalue weighted by molar-refractivity contribution is 7.93. The smallest absolute Gasteiger partial charge is 0.320 e. The predicted octanol–water partition coefficient (Wildman–Crippen LogP) is 0.118. The Bertz CT molecular complexity index is 476. The van der Waals surface area contributed by atoms with Gasteiger partial charge in [-0.2, -0.15) is 0 Å². The summed E-state index contributed by atoms with van der Waals surface area (Å²) in [5, 5.41) is 11.9. The lowest BCUT2D eigenvalue weighted by molar-refractivity contribution is -0.134. The molecule has 0 aliphatic heterocycles. The second-order valence-electron chi connectivity index (χ2n) is 2.98. The van der Waals surface area contributed by atoms with E-state index in [2.05, 4.69) is 9.68 Å². The Hall–Kier alpha value is -1.57. The first-order valence-electron chi connectivity index (χ1n) is 3.97. The third-order valence-electron chi connectivity index (χ3n) is 1.72. The van der Waals surface area contributed by atoms with Crippen molar-refractivity contribution in [3.63, 3.8) is 0 Å². The van der Waals surface area contributed by atoms with E-state index in [9.17, 15) is 13.2 Å². The van der Waals surface area contributed by atoms with Crippen molar-refractivity contribution >= 4 is 21.9 Å². The molecule has 8 heteroatoms. The summed E-state index contributed by atoms with van der Waals surface area (Å²) in [5.74, 6) is -2.49. The molecule has 1 aromatic rings. The minimum Gasteiger partial charge on any atom is -0.480 e. The van der Waals surface area contributed by atoms with E-state index in [4.69, 9.17) is 5.11 Å². The molecule has 7 nitrogen and oxygen atoms in total. The molecule has 84 valence electrons. The van der Waals surface area contributed by atoms with Crippen LogP contribution in [0.15, 0.2) is 4.52 Å². The highest BCUT2D eigenvalue weighted by Crippen LogP contribution is 2.18. The van der Waals surface area contributed by atoms with E-state index in [-0.39, 0.29) is 5.88 Å². The highest BCUT2D eigenvalue weighted by Gasteiger charge is 2.19. The lowest BCUT2D eigenvalue weighted by Gasteiger charge is -2.01. The second kappa shape index (κ2) is 3.89. The van der Waals surface area contributed by atoms with E-state index in [1.165, 1.54) is 0 Å². The Morgan fingerprint density at radius 2 is 2.13 bits per heavy atom. The third kappa shape index (κ3) is 2.94. The van der Waals surface area contributed by atoms with E-state index >= 15 is 0 Å². The molecule has 0 bridgehead atoms. The van der Waals surface area contributed by atoms with Crippen LogP contribution in [0.3, 0.4) is 0 Å². The molecule has 0 fully saturated rings. The van der Waals surface area contributed by atoms with Crippen LogP contribution in [-0.4, -0.2) is 30.4 Å². The van der Waals surface area contributed by atoms with E-state index in [1.54, 1.807) is 13.8 Å². The van der Waals surface area contributed by atoms with Crippen LogP contribution in [0, 0.1) is 13.8 Å². The van der Waals surface area contributed by atoms with Crippen LogP contribution in [0.4, 0.5) is 5.88 Å². The number of hydrogen-bond acceptors (Lipinski definition) is 5. The number of nitrogens with zero attached hydrogens (tertiary/aromatic N) is 1. The third-order valence-corrected chi connectivity index (χ3v) is 2.84. The maximum atomic E-state index is 11.2. The molecule has 0 aliphatic carbocycles. The maximum Gasteiger partial charge on any atom is 0.320 e. The van der Waals surface area contributed by atoms with Gasteiger partial charge in [-0.05, 0) is 13.8 Å². The number of sulfonamides is 1. The molecule has 1 heterocycles. The maximum absolute atomic E-state index is 11.2. The average molecular weight is 234 g/mol. The fourth-order valence-electron chi connectivity index (χ4n) is 0.850. The minimum absolute atomic E-state index is 0.0475. The molecule has 0 saturated carbocycles. The fourth-order valence-corrected chi connectivity index (χ4v) is 1.72. The number of anilines is 1. The van der Waals surface area contributed by atoms with Crippen molar-refractivity contribution in [1.29, 1.82) is 0 Å². The minimum atomic E-state index is -3.93. The lowest BCUT2D eigenvalue weighted by atomic mass is 10.3. The van der Waals surface area contributed by atoms with Gasteiger partial charge in [-0.25, -0.2) is 8.42 Å². The van der Waals surface area contributed by atoms with Gasteiger partial charge in [-0.3, -0.25) is 9.52 Å². The van der Waals surface area contributed by atoms with Crippen LogP contribution in [0.25, 0.3) is 0 Å². The van der Waals surface area contributed by atoms with Crippen molar-refractivity contribution in [3.05, 3.63) is 11.3 Å². The van der Waals surface area contributed by atoms with Crippen molar-refractivity contribution < 1.29 is 22.8 Å². The summed E-state index contributed by atoms with van der Waals surface area (Å²) in [5.41, 5.74) is 1.08. The van der Waals surface area contributed by atoms with Gasteiger partial charge in [-0.1, -0.05) is 5.16 Å². The van der Waals surface area contributed by atoms with Crippen LogP contribution < -0.4 is 4.72 Å². The van der Waals surface area contributed by atoms with Crippen molar-refractivity contribution in [2.24, 2.45) is 0 Å². The fraction of sp³-hybridized carbons (Fsp3) is 0.429. The van der Waals surface area contributed by atoms with Crippen LogP contribution in [-0.2, 0) is 14.8 Å². The molecule has 0 aromatic carbocycles. The molecule has 0 aliphatic rings. The standard InChI is InChI=1S/C7H10N2O5S/c1-4-5(2)8-14-7(4)9-15(12,13)3-6(10)11/h9H,3H2,1-2H3,(H,10,11). The zero-order valence-electron chi connectivity index (χ0n) is 8.14. The molecule has 0 atom stereocenters. The molecule has 1 rings (SSSR count). The Morgan fingerprint density at radius 3 is 2.53 bits per heavy atom. The Balaban J connectivity index is 2.87. The molecule has 0 radical (unpaired) electrons. The number of aryl methyl sites for hydroxylation is 1. The molecular formula is C7H10N2O5S. The lowest BCUT2D eigenvalue weighted by Crippen LogP contribution is -2.22. The molecule has 15 heavy (non-hydrogen) atoms. The van der Waals surface area contributed by atoms with Gasteiger partial charge in [0, 0.05) is 5.56 Å². The van der Waals surface area contributed by atoms with E-state index in [0.29, 0.717) is 11.3 Å². The van der Waals surface area contributed by atoms with Gasteiger partial charge in [-0.15, -0.1) is 0 Å². The van der Waals surface area contributed by atoms with Crippen LogP contribution in [0.5, 0.6) is 0 Å². The molecule has 0 amide bonds. The first kappa shape index (κ1) is 11.5. The van der Waals surface area contributed by atoms with E-state index in [0.717, 1.165) is 0 Å². The van der Waals surface area contributed by atoms with Crippen LogP contribution >= 0.6 is 0 Å². The summed E-state index contributed by atoms with van der Waals surface area (Å²) in [7, 11) is -3.93.